The van der Waals surface area contributed by atoms with Crippen LogP contribution in [0.25, 0.3) is 0 Å². The second-order valence-corrected chi connectivity index (χ2v) is 6.10. The Labute approximate surface area is 157 Å². The van der Waals surface area contributed by atoms with Crippen molar-refractivity contribution in [3.8, 4) is 0 Å². The summed E-state index contributed by atoms with van der Waals surface area (Å²) in [6.07, 6.45) is 0. The Balaban J connectivity index is 1.92. The van der Waals surface area contributed by atoms with Crippen LogP contribution < -0.4 is 5.32 Å². The van der Waals surface area contributed by atoms with Gasteiger partial charge in [0.25, 0.3) is 11.7 Å². The van der Waals surface area contributed by atoms with Crippen LogP contribution in [-0.4, -0.2) is 37.3 Å². The minimum atomic E-state index is -2.68. The zero-order chi connectivity index (χ0) is 19.8. The topological polar surface area (TPSA) is 81.7 Å². The molecule has 0 saturated carbocycles. The maximum atomic E-state index is 12.5. The highest BCUT2D eigenvalue weighted by atomic mass is 32.2. The number of amides is 1. The molecule has 9 heteroatoms. The van der Waals surface area contributed by atoms with Gasteiger partial charge in [-0.2, -0.15) is 8.78 Å². The van der Waals surface area contributed by atoms with Gasteiger partial charge in [-0.05, 0) is 36.4 Å². The molecule has 2 rings (SSSR count). The van der Waals surface area contributed by atoms with Crippen LogP contribution in [0, 0.1) is 0 Å². The van der Waals surface area contributed by atoms with Crippen molar-refractivity contribution in [3.63, 3.8) is 0 Å². The monoisotopic (exact) mass is 395 g/mol. The van der Waals surface area contributed by atoms with E-state index >= 15 is 0 Å². The second-order valence-electron chi connectivity index (χ2n) is 5.07. The van der Waals surface area contributed by atoms with Gasteiger partial charge < -0.3 is 14.8 Å². The maximum Gasteiger partial charge on any atom is 0.339 e. The average Bonchev–Trinajstić information content (AvgIpc) is 2.66. The van der Waals surface area contributed by atoms with Gasteiger partial charge in [-0.25, -0.2) is 9.59 Å². The molecule has 0 fully saturated rings. The standard InChI is InChI=1S/C18H15F2NO5S/c1-25-16(23)11-6-8-12(9-7-11)21-15(22)10-26-17(24)13-4-2-3-5-14(13)27-18(19)20/h2-9,18H,10H2,1H3,(H,21,22). The van der Waals surface area contributed by atoms with Gasteiger partial charge in [0.05, 0.1) is 18.2 Å². The van der Waals surface area contributed by atoms with Gasteiger partial charge in [-0.1, -0.05) is 23.9 Å². The summed E-state index contributed by atoms with van der Waals surface area (Å²) in [5.41, 5.74) is 0.658. The molecule has 2 aromatic rings. The molecule has 0 saturated heterocycles. The number of carbonyl (C=O) groups is 3. The second kappa shape index (κ2) is 9.67. The van der Waals surface area contributed by atoms with E-state index in [0.29, 0.717) is 11.3 Å². The zero-order valence-electron chi connectivity index (χ0n) is 14.1. The van der Waals surface area contributed by atoms with Crippen LogP contribution in [0.2, 0.25) is 0 Å². The van der Waals surface area contributed by atoms with Crippen LogP contribution in [0.3, 0.4) is 0 Å². The number of esters is 2. The van der Waals surface area contributed by atoms with Crippen LogP contribution >= 0.6 is 11.8 Å². The Kier molecular flexibility index (Phi) is 7.30. The van der Waals surface area contributed by atoms with Crippen molar-refractivity contribution in [1.82, 2.24) is 0 Å². The molecule has 0 aliphatic rings. The number of ether oxygens (including phenoxy) is 2. The van der Waals surface area contributed by atoms with E-state index < -0.39 is 30.2 Å². The fourth-order valence-corrected chi connectivity index (χ4v) is 2.67. The van der Waals surface area contributed by atoms with E-state index in [0.717, 1.165) is 0 Å². The number of rotatable bonds is 7. The summed E-state index contributed by atoms with van der Waals surface area (Å²) >= 11 is 0.223. The SMILES string of the molecule is COC(=O)c1ccc(NC(=O)COC(=O)c2ccccc2SC(F)F)cc1. The third kappa shape index (κ3) is 6.07. The van der Waals surface area contributed by atoms with Crippen LogP contribution in [0.4, 0.5) is 14.5 Å². The number of hydrogen-bond acceptors (Lipinski definition) is 6. The van der Waals surface area contributed by atoms with E-state index in [1.807, 2.05) is 0 Å². The summed E-state index contributed by atoms with van der Waals surface area (Å²) in [4.78, 5) is 35.3. The Bertz CT molecular complexity index is 827. The molecular weight excluding hydrogens is 380 g/mol. The number of nitrogens with one attached hydrogen (secondary N) is 1. The Hall–Kier alpha value is -2.94. The molecule has 0 aromatic heterocycles. The molecule has 0 unspecified atom stereocenters. The van der Waals surface area contributed by atoms with Crippen molar-refractivity contribution >= 4 is 35.3 Å². The van der Waals surface area contributed by atoms with Gasteiger partial charge in [0, 0.05) is 10.6 Å². The van der Waals surface area contributed by atoms with Gasteiger partial charge in [0.15, 0.2) is 6.61 Å². The first kappa shape index (κ1) is 20.4. The molecule has 2 aromatic carbocycles. The lowest BCUT2D eigenvalue weighted by molar-refractivity contribution is -0.119. The van der Waals surface area contributed by atoms with E-state index in [1.165, 1.54) is 55.6 Å². The lowest BCUT2D eigenvalue weighted by Gasteiger charge is -2.09. The quantitative estimate of drug-likeness (QED) is 0.570. The number of halogens is 2. The van der Waals surface area contributed by atoms with Crippen LogP contribution in [0.15, 0.2) is 53.4 Å². The zero-order valence-corrected chi connectivity index (χ0v) is 14.9. The van der Waals surface area contributed by atoms with E-state index in [-0.39, 0.29) is 22.2 Å². The molecule has 27 heavy (non-hydrogen) atoms. The lowest BCUT2D eigenvalue weighted by atomic mass is 10.2. The Morgan fingerprint density at radius 3 is 2.33 bits per heavy atom. The summed E-state index contributed by atoms with van der Waals surface area (Å²) < 4.78 is 34.5. The average molecular weight is 395 g/mol. The molecule has 6 nitrogen and oxygen atoms in total. The van der Waals surface area contributed by atoms with Crippen molar-refractivity contribution in [2.75, 3.05) is 19.0 Å². The summed E-state index contributed by atoms with van der Waals surface area (Å²) in [6.45, 7) is -0.592. The molecule has 0 bridgehead atoms. The van der Waals surface area contributed by atoms with Gasteiger partial charge in [-0.15, -0.1) is 0 Å². The highest BCUT2D eigenvalue weighted by Gasteiger charge is 2.17. The molecule has 1 amide bonds. The highest BCUT2D eigenvalue weighted by Crippen LogP contribution is 2.28. The van der Waals surface area contributed by atoms with Crippen molar-refractivity contribution in [2.24, 2.45) is 0 Å². The summed E-state index contributed by atoms with van der Waals surface area (Å²) in [5.74, 6) is -4.69. The van der Waals surface area contributed by atoms with Gasteiger partial charge in [0.1, 0.15) is 0 Å². The first-order valence-electron chi connectivity index (χ1n) is 7.60. The van der Waals surface area contributed by atoms with E-state index in [1.54, 1.807) is 0 Å². The number of benzene rings is 2. The largest absolute Gasteiger partial charge is 0.465 e. The Morgan fingerprint density at radius 1 is 1.04 bits per heavy atom. The summed E-state index contributed by atoms with van der Waals surface area (Å²) in [7, 11) is 1.25. The third-order valence-corrected chi connectivity index (χ3v) is 4.04. The third-order valence-electron chi connectivity index (χ3n) is 3.25. The van der Waals surface area contributed by atoms with Crippen molar-refractivity contribution in [1.29, 1.82) is 0 Å². The normalized spacial score (nSPS) is 10.4. The number of hydrogen-bond donors (Lipinski definition) is 1. The van der Waals surface area contributed by atoms with Crippen molar-refractivity contribution in [2.45, 2.75) is 10.7 Å². The highest BCUT2D eigenvalue weighted by molar-refractivity contribution is 7.99. The van der Waals surface area contributed by atoms with E-state index in [9.17, 15) is 23.2 Å². The van der Waals surface area contributed by atoms with Crippen LogP contribution in [0.1, 0.15) is 20.7 Å². The number of carbonyl (C=O) groups excluding carboxylic acids is 3. The lowest BCUT2D eigenvalue weighted by Crippen LogP contribution is -2.21. The molecule has 1 N–H and O–H groups in total. The first-order chi connectivity index (χ1) is 12.9. The maximum absolute atomic E-state index is 12.5. The molecule has 0 heterocycles. The number of thioether (sulfide) groups is 1. The minimum Gasteiger partial charge on any atom is -0.465 e. The fraction of sp³-hybridized carbons (Fsp3) is 0.167. The predicted molar refractivity (Wildman–Crippen MR) is 95.0 cm³/mol. The number of alkyl halides is 2. The number of methoxy groups -OCH3 is 1. The summed E-state index contributed by atoms with van der Waals surface area (Å²) in [5, 5.41) is 2.49. The molecule has 0 aliphatic heterocycles. The smallest absolute Gasteiger partial charge is 0.339 e. The van der Waals surface area contributed by atoms with Crippen LogP contribution in [-0.2, 0) is 14.3 Å². The van der Waals surface area contributed by atoms with E-state index in [4.69, 9.17) is 4.74 Å². The molecular formula is C18H15F2NO5S. The van der Waals surface area contributed by atoms with Gasteiger partial charge >= 0.3 is 11.9 Å². The Morgan fingerprint density at radius 2 is 1.70 bits per heavy atom. The van der Waals surface area contributed by atoms with Gasteiger partial charge in [0.2, 0.25) is 0 Å². The van der Waals surface area contributed by atoms with Crippen molar-refractivity contribution < 1.29 is 32.6 Å². The first-order valence-corrected chi connectivity index (χ1v) is 8.48. The number of anilines is 1. The molecule has 142 valence electrons. The predicted octanol–water partition coefficient (Wildman–Crippen LogP) is 3.58. The molecule has 0 atom stereocenters. The summed E-state index contributed by atoms with van der Waals surface area (Å²) in [6, 6.07) is 11.6. The van der Waals surface area contributed by atoms with Crippen molar-refractivity contribution in [3.05, 3.63) is 59.7 Å². The van der Waals surface area contributed by atoms with Crippen LogP contribution in [0.5, 0.6) is 0 Å². The molecule has 0 aliphatic carbocycles. The fourth-order valence-electron chi connectivity index (χ4n) is 2.05. The molecule has 0 spiro atoms. The van der Waals surface area contributed by atoms with Gasteiger partial charge in [-0.3, -0.25) is 4.79 Å². The molecule has 0 radical (unpaired) electrons. The van der Waals surface area contributed by atoms with E-state index in [2.05, 4.69) is 10.1 Å². The minimum absolute atomic E-state index is 0.0435.